The summed E-state index contributed by atoms with van der Waals surface area (Å²) >= 11 is 0. The molecule has 0 unspecified atom stereocenters. The molecule has 0 radical (unpaired) electrons. The van der Waals surface area contributed by atoms with Crippen LogP contribution in [0.25, 0.3) is 0 Å². The highest BCUT2D eigenvalue weighted by molar-refractivity contribution is 7.91. The molecule has 1 aliphatic heterocycles. The van der Waals surface area contributed by atoms with Crippen LogP contribution in [0.3, 0.4) is 0 Å². The van der Waals surface area contributed by atoms with Gasteiger partial charge in [-0.25, -0.2) is 16.8 Å². The fraction of sp³-hybridized carbons (Fsp3) is 1.00. The van der Waals surface area contributed by atoms with Crippen molar-refractivity contribution in [1.29, 1.82) is 0 Å². The van der Waals surface area contributed by atoms with Crippen LogP contribution in [0.2, 0.25) is 0 Å². The van der Waals surface area contributed by atoms with E-state index in [9.17, 15) is 40.2 Å². The van der Waals surface area contributed by atoms with Crippen molar-refractivity contribution in [3.63, 3.8) is 0 Å². The molecule has 1 fully saturated rings. The molecule has 1 heterocycles. The van der Waals surface area contributed by atoms with Crippen molar-refractivity contribution in [2.24, 2.45) is 0 Å². The molecule has 8 nitrogen and oxygen atoms in total. The summed E-state index contributed by atoms with van der Waals surface area (Å²) < 4.78 is 88.6. The van der Waals surface area contributed by atoms with Crippen molar-refractivity contribution < 1.29 is 40.2 Å². The van der Waals surface area contributed by atoms with E-state index >= 15 is 0 Å². The van der Waals surface area contributed by atoms with Gasteiger partial charge in [-0.05, 0) is 48.5 Å². The lowest BCUT2D eigenvalue weighted by atomic mass is 10.1. The lowest BCUT2D eigenvalue weighted by molar-refractivity contribution is -0.326. The standard InChI is InChI=1S/C14H27F3N2O6S2/c1-10(2,3)26(22,23)18-9-13(21,14(15,16)17)19(8-12(18,7)20)27(24,25)11(4,5)6/h20-21H,8-9H2,1-7H3/t12-,13+/m0/s1. The van der Waals surface area contributed by atoms with Gasteiger partial charge in [0.25, 0.3) is 0 Å². The molecule has 0 saturated carbocycles. The molecule has 2 N–H and O–H groups in total. The van der Waals surface area contributed by atoms with Crippen LogP contribution in [0.4, 0.5) is 13.2 Å². The van der Waals surface area contributed by atoms with Crippen molar-refractivity contribution in [2.75, 3.05) is 13.1 Å². The van der Waals surface area contributed by atoms with Crippen molar-refractivity contribution in [1.82, 2.24) is 8.61 Å². The Bertz CT molecular complexity index is 794. The Kier molecular flexibility index (Phi) is 5.70. The summed E-state index contributed by atoms with van der Waals surface area (Å²) in [6.45, 7) is 4.92. The minimum Gasteiger partial charge on any atom is -0.374 e. The fourth-order valence-electron chi connectivity index (χ4n) is 2.45. The van der Waals surface area contributed by atoms with E-state index in [1.54, 1.807) is 0 Å². The van der Waals surface area contributed by atoms with E-state index in [0.29, 0.717) is 0 Å². The summed E-state index contributed by atoms with van der Waals surface area (Å²) in [5, 5.41) is 21.0. The summed E-state index contributed by atoms with van der Waals surface area (Å²) in [6.07, 6.45) is -5.52. The van der Waals surface area contributed by atoms with Crippen LogP contribution in [-0.4, -0.2) is 75.9 Å². The van der Waals surface area contributed by atoms with Gasteiger partial charge in [0.15, 0.2) is 0 Å². The van der Waals surface area contributed by atoms with Gasteiger partial charge in [-0.15, -0.1) is 0 Å². The lowest BCUT2D eigenvalue weighted by Crippen LogP contribution is -2.78. The molecular formula is C14H27F3N2O6S2. The number of alkyl halides is 3. The number of sulfonamides is 2. The number of piperazine rings is 1. The molecule has 0 amide bonds. The van der Waals surface area contributed by atoms with E-state index in [4.69, 9.17) is 0 Å². The van der Waals surface area contributed by atoms with Gasteiger partial charge in [0.05, 0.1) is 22.6 Å². The third-order valence-electron chi connectivity index (χ3n) is 4.34. The Morgan fingerprint density at radius 1 is 0.778 bits per heavy atom. The summed E-state index contributed by atoms with van der Waals surface area (Å²) in [5.41, 5.74) is -6.55. The molecule has 13 heteroatoms. The van der Waals surface area contributed by atoms with Gasteiger partial charge in [-0.1, -0.05) is 0 Å². The second-order valence-electron chi connectivity index (χ2n) is 8.78. The minimum absolute atomic E-state index is 0.113. The molecule has 2 atom stereocenters. The second kappa shape index (κ2) is 6.26. The predicted molar refractivity (Wildman–Crippen MR) is 92.4 cm³/mol. The van der Waals surface area contributed by atoms with E-state index < -0.39 is 60.3 Å². The number of hydrogen-bond donors (Lipinski definition) is 2. The number of hydrogen-bond acceptors (Lipinski definition) is 6. The van der Waals surface area contributed by atoms with Crippen molar-refractivity contribution in [3.05, 3.63) is 0 Å². The zero-order valence-corrected chi connectivity index (χ0v) is 17.9. The summed E-state index contributed by atoms with van der Waals surface area (Å²) in [6, 6.07) is 0. The summed E-state index contributed by atoms with van der Waals surface area (Å²) in [7, 11) is -9.32. The third-order valence-corrected chi connectivity index (χ3v) is 9.55. The average Bonchev–Trinajstić information content (AvgIpc) is 2.36. The summed E-state index contributed by atoms with van der Waals surface area (Å²) in [4.78, 5) is 0. The van der Waals surface area contributed by atoms with Gasteiger partial charge < -0.3 is 10.2 Å². The van der Waals surface area contributed by atoms with E-state index in [1.807, 2.05) is 0 Å². The highest BCUT2D eigenvalue weighted by Crippen LogP contribution is 2.45. The normalized spacial score (nSPS) is 30.5. The van der Waals surface area contributed by atoms with Gasteiger partial charge in [0.2, 0.25) is 25.8 Å². The number of nitrogens with zero attached hydrogens (tertiary/aromatic N) is 2. The van der Waals surface area contributed by atoms with Crippen LogP contribution in [0.15, 0.2) is 0 Å². The summed E-state index contributed by atoms with van der Waals surface area (Å²) in [5.74, 6) is 0. The first-order chi connectivity index (χ1) is 11.4. The van der Waals surface area contributed by atoms with Crippen molar-refractivity contribution in [2.45, 2.75) is 75.6 Å². The van der Waals surface area contributed by atoms with Gasteiger partial charge in [-0.2, -0.15) is 21.8 Å². The molecule has 1 saturated heterocycles. The molecule has 27 heavy (non-hydrogen) atoms. The van der Waals surface area contributed by atoms with Crippen LogP contribution < -0.4 is 0 Å². The first-order valence-electron chi connectivity index (χ1n) is 7.99. The maximum Gasteiger partial charge on any atom is 0.433 e. The van der Waals surface area contributed by atoms with E-state index in [2.05, 4.69) is 0 Å². The Hall–Kier alpha value is -0.470. The molecule has 1 aliphatic rings. The molecule has 0 bridgehead atoms. The van der Waals surface area contributed by atoms with E-state index in [-0.39, 0.29) is 8.61 Å². The lowest BCUT2D eigenvalue weighted by Gasteiger charge is -2.54. The monoisotopic (exact) mass is 440 g/mol. The Labute approximate surface area is 158 Å². The van der Waals surface area contributed by atoms with Crippen LogP contribution in [-0.2, 0) is 20.0 Å². The quantitative estimate of drug-likeness (QED) is 0.657. The zero-order valence-electron chi connectivity index (χ0n) is 16.3. The van der Waals surface area contributed by atoms with Crippen LogP contribution in [0, 0.1) is 0 Å². The Morgan fingerprint density at radius 3 is 1.41 bits per heavy atom. The molecular weight excluding hydrogens is 413 g/mol. The number of aliphatic hydroxyl groups is 2. The fourth-order valence-corrected chi connectivity index (χ4v) is 5.67. The SMILES string of the molecule is CC(C)(C)S(=O)(=O)N1C[C@@](O)(C(F)(F)F)N(S(=O)(=O)C(C)(C)C)C[C@]1(C)O. The van der Waals surface area contributed by atoms with Crippen molar-refractivity contribution >= 4 is 20.0 Å². The molecule has 162 valence electrons. The predicted octanol–water partition coefficient (Wildman–Crippen LogP) is 0.820. The highest BCUT2D eigenvalue weighted by atomic mass is 32.2. The maximum atomic E-state index is 13.7. The molecule has 0 aromatic heterocycles. The van der Waals surface area contributed by atoms with E-state index in [0.717, 1.165) is 27.7 Å². The number of rotatable bonds is 2. The second-order valence-corrected chi connectivity index (χ2v) is 14.0. The molecule has 0 spiro atoms. The average molecular weight is 441 g/mol. The van der Waals surface area contributed by atoms with Crippen LogP contribution in [0.1, 0.15) is 48.5 Å². The smallest absolute Gasteiger partial charge is 0.374 e. The van der Waals surface area contributed by atoms with Gasteiger partial charge in [0.1, 0.15) is 5.72 Å². The van der Waals surface area contributed by atoms with Crippen LogP contribution >= 0.6 is 0 Å². The van der Waals surface area contributed by atoms with Gasteiger partial charge >= 0.3 is 6.18 Å². The molecule has 0 aliphatic carbocycles. The topological polar surface area (TPSA) is 115 Å². The minimum atomic E-state index is -5.52. The Balaban J connectivity index is 3.75. The first kappa shape index (κ1) is 24.6. The van der Waals surface area contributed by atoms with Crippen molar-refractivity contribution in [3.8, 4) is 0 Å². The van der Waals surface area contributed by atoms with E-state index in [1.165, 1.54) is 20.8 Å². The van der Waals surface area contributed by atoms with Gasteiger partial charge in [0, 0.05) is 0 Å². The molecule has 0 aromatic rings. The van der Waals surface area contributed by atoms with Gasteiger partial charge in [-0.3, -0.25) is 0 Å². The third kappa shape index (κ3) is 3.86. The zero-order chi connectivity index (χ0) is 22.1. The van der Waals surface area contributed by atoms with Crippen LogP contribution in [0.5, 0.6) is 0 Å². The molecule has 0 aromatic carbocycles. The highest BCUT2D eigenvalue weighted by Gasteiger charge is 2.69. The Morgan fingerprint density at radius 2 is 1.11 bits per heavy atom. The first-order valence-corrected chi connectivity index (χ1v) is 10.9. The largest absolute Gasteiger partial charge is 0.433 e. The maximum absolute atomic E-state index is 13.7. The number of halogens is 3. The molecule has 1 rings (SSSR count). The number of β-amino-alcohol motifs (C(OH)–C–C–N with tert-alkyl or cyclic N) is 2.